The van der Waals surface area contributed by atoms with Crippen molar-refractivity contribution >= 4 is 0 Å². The molecule has 0 rings (SSSR count). The Bertz CT molecular complexity index is 8.00. The zero-order chi connectivity index (χ0) is 3.58. The highest BCUT2D eigenvalue weighted by molar-refractivity contribution is 1.73. The van der Waals surface area contributed by atoms with Crippen LogP contribution in [0.4, 0.5) is 0 Å². The third-order valence-corrected chi connectivity index (χ3v) is 0. The van der Waals surface area contributed by atoms with E-state index in [4.69, 9.17) is 10.3 Å². The van der Waals surface area contributed by atoms with Crippen LogP contribution in [0.2, 0.25) is 0 Å². The fraction of sp³-hybridized carbons (Fsp3) is 0. The third kappa shape index (κ3) is 18.2. The van der Waals surface area contributed by atoms with Crippen molar-refractivity contribution in [1.82, 2.24) is 0 Å². The summed E-state index contributed by atoms with van der Waals surface area (Å²) in [5.74, 6) is 0. The Kier molecular flexibility index (Phi) is 2.17. The van der Waals surface area contributed by atoms with Gasteiger partial charge >= 0.3 is 0 Å². The van der Waals surface area contributed by atoms with E-state index in [1.165, 1.54) is 0 Å². The zero-order valence-electron chi connectivity index (χ0n) is 1.60. The lowest BCUT2D eigenvalue weighted by Gasteiger charge is -1.84. The summed E-state index contributed by atoms with van der Waals surface area (Å²) in [7, 11) is 0. The molecule has 0 aliphatic carbocycles. The summed E-state index contributed by atoms with van der Waals surface area (Å²) in [6, 6.07) is 0. The Hall–Kier alpha value is 0.610. The molecule has 0 aromatic carbocycles. The highest BCUT2D eigenvalue weighted by atomic mass is 123. The van der Waals surface area contributed by atoms with E-state index in [2.05, 4.69) is 0 Å². The van der Waals surface area contributed by atoms with Crippen LogP contribution in [0.1, 0.15) is 0 Å². The van der Waals surface area contributed by atoms with Gasteiger partial charge in [0.05, 0.1) is 0 Å². The topological polar surface area (TPSA) is 69.2 Å². The van der Waals surface area contributed by atoms with Gasteiger partial charge in [-0.2, -0.15) is 0 Å². The summed E-state index contributed by atoms with van der Waals surface area (Å²) >= 11 is -4.01. The van der Waals surface area contributed by atoms with E-state index in [0.29, 0.717) is 0 Å². The number of hydrogen-bond acceptors (Lipinski definition) is 3. The van der Waals surface area contributed by atoms with Crippen molar-refractivity contribution in [2.45, 2.75) is 0 Å². The van der Waals surface area contributed by atoms with Gasteiger partial charge < -0.3 is 10.3 Å². The first-order valence-corrected chi connectivity index (χ1v) is 3.11. The second kappa shape index (κ2) is 1.89. The molecular weight excluding hydrogens is 171 g/mol. The summed E-state index contributed by atoms with van der Waals surface area (Å²) in [5.41, 5.74) is 0. The molecule has 0 aliphatic rings. The van der Waals surface area contributed by atoms with Crippen LogP contribution < -0.4 is 31.4 Å². The predicted molar refractivity (Wildman–Crippen MR) is 0 cm³/mol. The largest absolute Gasteiger partial charge is 0.427 e. The fourth-order valence-corrected chi connectivity index (χ4v) is 0. The second-order valence-corrected chi connectivity index (χ2v) is 1.27. The van der Waals surface area contributed by atoms with Crippen molar-refractivity contribution in [1.29, 1.82) is 0 Å². The molecule has 0 radical (unpaired) electrons. The molecule has 0 N–H and O–H groups in total. The summed E-state index contributed by atoms with van der Waals surface area (Å²) in [5, 5.41) is 0. The lowest BCUT2D eigenvalue weighted by Crippen LogP contribution is -4.05. The molecule has 26 valence electrons. The zero-order valence-corrected chi connectivity index (χ0v) is 3.76. The molecule has 0 heterocycles. The minimum atomic E-state index is -4.01. The van der Waals surface area contributed by atoms with Crippen LogP contribution >= 0.6 is 0 Å². The molecule has 0 fully saturated rings. The molecule has 4 heteroatoms. The van der Waals surface area contributed by atoms with Gasteiger partial charge in [-0.15, -0.1) is 0 Å². The van der Waals surface area contributed by atoms with E-state index in [-0.39, 0.29) is 0 Å². The monoisotopic (exact) mass is 171 g/mol. The summed E-state index contributed by atoms with van der Waals surface area (Å²) < 4.78 is 25.7. The van der Waals surface area contributed by atoms with Gasteiger partial charge in [-0.25, -0.2) is 0 Å². The van der Waals surface area contributed by atoms with Crippen molar-refractivity contribution in [3.05, 3.63) is 0 Å². The lowest BCUT2D eigenvalue weighted by molar-refractivity contribution is -1.73. The molecule has 0 unspecified atom stereocenters. The average Bonchev–Trinajstić information content (AvgIpc) is 0.811. The average molecular weight is 171 g/mol. The minimum absolute atomic E-state index is 4.01. The van der Waals surface area contributed by atoms with Crippen LogP contribution in [0.5, 0.6) is 0 Å². The highest BCUT2D eigenvalue weighted by Crippen LogP contribution is -0.137. The number of hydrogen-bond donors (Lipinski definition) is 0. The van der Waals surface area contributed by atoms with Gasteiger partial charge in [0.15, 0.2) is 0 Å². The van der Waals surface area contributed by atoms with Crippen molar-refractivity contribution in [3.8, 4) is 0 Å². The second-order valence-electron chi connectivity index (χ2n) is 0.189. The van der Waals surface area contributed by atoms with E-state index in [0.717, 1.165) is 0 Å². The Labute approximate surface area is 31.9 Å². The van der Waals surface area contributed by atoms with Crippen molar-refractivity contribution in [2.75, 3.05) is 0 Å². The van der Waals surface area contributed by atoms with E-state index < -0.39 is 21.1 Å². The molecule has 0 aromatic rings. The van der Waals surface area contributed by atoms with E-state index in [9.17, 15) is 0 Å². The molecule has 4 heavy (non-hydrogen) atoms. The molecule has 0 spiro atoms. The lowest BCUT2D eigenvalue weighted by atomic mass is 16.0. The van der Waals surface area contributed by atoms with Gasteiger partial charge in [-0.05, 0) is 0 Å². The first kappa shape index (κ1) is 4.61. The molecular formula is IO3-. The van der Waals surface area contributed by atoms with Gasteiger partial charge in [0.25, 0.3) is 21.1 Å². The number of rotatable bonds is 0. The standard InChI is InChI=1S/IO3/c2-1(3)4/q-1/i1-4. The summed E-state index contributed by atoms with van der Waals surface area (Å²) in [4.78, 5) is 0. The van der Waals surface area contributed by atoms with Crippen LogP contribution in [0.15, 0.2) is 0 Å². The minimum Gasteiger partial charge on any atom is -0.427 e. The van der Waals surface area contributed by atoms with Gasteiger partial charge in [-0.3, -0.25) is 0 Å². The maximum atomic E-state index is 8.57. The van der Waals surface area contributed by atoms with Crippen molar-refractivity contribution < 1.29 is 31.4 Å². The SMILES string of the molecule is [O-][123I+2]([O-])[O-]. The predicted octanol–water partition coefficient (Wildman–Crippen LogP) is -6.56. The molecule has 0 aliphatic heterocycles. The Morgan fingerprint density at radius 2 is 1.00 bits per heavy atom. The van der Waals surface area contributed by atoms with Gasteiger partial charge in [-0.1, -0.05) is 0 Å². The number of halogens is 1. The molecule has 0 saturated carbocycles. The molecule has 0 atom stereocenters. The normalized spacial score (nSPS) is 9.00. The Balaban J connectivity index is 2.32. The van der Waals surface area contributed by atoms with E-state index >= 15 is 0 Å². The first-order valence-electron chi connectivity index (χ1n) is 0.463. The van der Waals surface area contributed by atoms with Crippen molar-refractivity contribution in [2.24, 2.45) is 0 Å². The van der Waals surface area contributed by atoms with Crippen LogP contribution in [-0.2, 0) is 0 Å². The van der Waals surface area contributed by atoms with Crippen LogP contribution in [-0.4, -0.2) is 0 Å². The van der Waals surface area contributed by atoms with Crippen LogP contribution in [0.25, 0.3) is 0 Å². The van der Waals surface area contributed by atoms with Crippen molar-refractivity contribution in [3.63, 3.8) is 0 Å². The molecule has 0 amide bonds. The third-order valence-electron chi connectivity index (χ3n) is 0. The molecule has 3 nitrogen and oxygen atoms in total. The smallest absolute Gasteiger partial charge is 0.282 e. The van der Waals surface area contributed by atoms with Gasteiger partial charge in [0.2, 0.25) is 0 Å². The maximum Gasteiger partial charge on any atom is 0.282 e. The first-order chi connectivity index (χ1) is 1.73. The summed E-state index contributed by atoms with van der Waals surface area (Å²) in [6.07, 6.45) is 0. The van der Waals surface area contributed by atoms with Crippen LogP contribution in [0.3, 0.4) is 0 Å². The Morgan fingerprint density at radius 3 is 1.00 bits per heavy atom. The van der Waals surface area contributed by atoms with E-state index in [1.807, 2.05) is 0 Å². The van der Waals surface area contributed by atoms with Gasteiger partial charge in [0, 0.05) is 0 Å². The maximum absolute atomic E-state index is 8.57. The Morgan fingerprint density at radius 1 is 1.00 bits per heavy atom. The van der Waals surface area contributed by atoms with Crippen LogP contribution in [0, 0.1) is 0 Å². The molecule has 0 aromatic heterocycles. The van der Waals surface area contributed by atoms with Gasteiger partial charge in [0.1, 0.15) is 0 Å². The fourth-order valence-electron chi connectivity index (χ4n) is 0. The molecule has 0 saturated heterocycles. The quantitative estimate of drug-likeness (QED) is 0.340. The molecule has 0 bridgehead atoms. The highest BCUT2D eigenvalue weighted by Gasteiger charge is 1.70. The summed E-state index contributed by atoms with van der Waals surface area (Å²) in [6.45, 7) is 0. The van der Waals surface area contributed by atoms with E-state index in [1.54, 1.807) is 0 Å².